The molecule has 2 aromatic carbocycles. The molecule has 2 amide bonds. The van der Waals surface area contributed by atoms with E-state index in [0.717, 1.165) is 11.4 Å². The lowest BCUT2D eigenvalue weighted by atomic mass is 9.85. The molecule has 4 atom stereocenters. The fraction of sp³-hybridized carbons (Fsp3) is 0.217. The Bertz CT molecular complexity index is 1130. The van der Waals surface area contributed by atoms with Crippen LogP contribution in [0.3, 0.4) is 0 Å². The summed E-state index contributed by atoms with van der Waals surface area (Å²) >= 11 is 11.9. The summed E-state index contributed by atoms with van der Waals surface area (Å²) in [6.07, 6.45) is 6.22. The van der Waals surface area contributed by atoms with Gasteiger partial charge in [0, 0.05) is 15.6 Å². The second-order valence-corrected chi connectivity index (χ2v) is 8.68. The zero-order valence-corrected chi connectivity index (χ0v) is 17.6. The van der Waals surface area contributed by atoms with Crippen molar-refractivity contribution in [2.24, 2.45) is 28.8 Å². The van der Waals surface area contributed by atoms with Crippen molar-refractivity contribution >= 4 is 47.2 Å². The molecule has 5 rings (SSSR count). The van der Waals surface area contributed by atoms with E-state index in [1.807, 2.05) is 12.2 Å². The summed E-state index contributed by atoms with van der Waals surface area (Å²) in [6.45, 7) is 0. The van der Waals surface area contributed by atoms with Crippen molar-refractivity contribution in [2.45, 2.75) is 6.42 Å². The number of benzene rings is 2. The molecule has 2 fully saturated rings. The maximum atomic E-state index is 12.8. The van der Waals surface area contributed by atoms with Crippen LogP contribution in [0.15, 0.2) is 59.7 Å². The second kappa shape index (κ2) is 7.62. The lowest BCUT2D eigenvalue weighted by Gasteiger charge is -2.13. The van der Waals surface area contributed by atoms with Gasteiger partial charge in [0.2, 0.25) is 0 Å². The molecule has 0 N–H and O–H groups in total. The predicted molar refractivity (Wildman–Crippen MR) is 115 cm³/mol. The third-order valence-electron chi connectivity index (χ3n) is 6.01. The number of hydrogen-bond donors (Lipinski definition) is 0. The van der Waals surface area contributed by atoms with E-state index in [1.165, 1.54) is 12.3 Å². The average molecular weight is 455 g/mol. The summed E-state index contributed by atoms with van der Waals surface area (Å²) in [5.41, 5.74) is 0.691. The van der Waals surface area contributed by atoms with E-state index in [-0.39, 0.29) is 41.2 Å². The van der Waals surface area contributed by atoms with Crippen LogP contribution in [0, 0.1) is 23.7 Å². The minimum absolute atomic E-state index is 0.105. The van der Waals surface area contributed by atoms with E-state index in [4.69, 9.17) is 27.9 Å². The summed E-state index contributed by atoms with van der Waals surface area (Å²) in [5, 5.41) is 5.98. The number of allylic oxidation sites excluding steroid dienone is 2. The number of rotatable bonds is 4. The van der Waals surface area contributed by atoms with Gasteiger partial charge in [-0.2, -0.15) is 10.1 Å². The van der Waals surface area contributed by atoms with Crippen LogP contribution in [0.4, 0.5) is 0 Å². The first-order chi connectivity index (χ1) is 14.9. The largest absolute Gasteiger partial charge is 0.422 e. The molecule has 156 valence electrons. The third kappa shape index (κ3) is 3.46. The number of hydrazone groups is 1. The number of imide groups is 1. The zero-order chi connectivity index (χ0) is 21.7. The molecule has 0 aromatic heterocycles. The molecule has 6 nitrogen and oxygen atoms in total. The maximum Gasteiger partial charge on any atom is 0.343 e. The number of nitrogens with zero attached hydrogens (tertiary/aromatic N) is 2. The van der Waals surface area contributed by atoms with Gasteiger partial charge in [0.1, 0.15) is 5.75 Å². The molecular formula is C23H16Cl2N2O4. The Kier molecular flexibility index (Phi) is 4.91. The first-order valence-corrected chi connectivity index (χ1v) is 10.6. The average Bonchev–Trinajstić information content (AvgIpc) is 3.43. The number of ether oxygens (including phenoxy) is 1. The van der Waals surface area contributed by atoms with Gasteiger partial charge in [-0.05, 0) is 60.7 Å². The summed E-state index contributed by atoms with van der Waals surface area (Å²) < 4.78 is 5.48. The predicted octanol–water partition coefficient (Wildman–Crippen LogP) is 4.35. The highest BCUT2D eigenvalue weighted by molar-refractivity contribution is 6.31. The van der Waals surface area contributed by atoms with Crippen LogP contribution in [0.25, 0.3) is 0 Å². The Labute approximate surface area is 188 Å². The molecule has 2 aliphatic carbocycles. The van der Waals surface area contributed by atoms with Gasteiger partial charge >= 0.3 is 5.97 Å². The molecule has 1 aliphatic heterocycles. The molecule has 8 heteroatoms. The van der Waals surface area contributed by atoms with Gasteiger partial charge in [0.25, 0.3) is 11.8 Å². The van der Waals surface area contributed by atoms with Gasteiger partial charge in [0.15, 0.2) is 0 Å². The number of carbonyl (C=O) groups is 3. The third-order valence-corrected chi connectivity index (χ3v) is 6.50. The van der Waals surface area contributed by atoms with Crippen molar-refractivity contribution in [3.63, 3.8) is 0 Å². The Morgan fingerprint density at radius 3 is 2.23 bits per heavy atom. The molecule has 1 saturated carbocycles. The highest BCUT2D eigenvalue weighted by atomic mass is 35.5. The minimum atomic E-state index is -0.584. The van der Waals surface area contributed by atoms with E-state index in [0.29, 0.717) is 21.2 Å². The zero-order valence-electron chi connectivity index (χ0n) is 16.1. The summed E-state index contributed by atoms with van der Waals surface area (Å²) in [5.74, 6) is -1.41. The molecule has 1 saturated heterocycles. The smallest absolute Gasteiger partial charge is 0.343 e. The van der Waals surface area contributed by atoms with Gasteiger partial charge in [-0.15, -0.1) is 0 Å². The molecule has 0 spiro atoms. The Morgan fingerprint density at radius 1 is 0.968 bits per heavy atom. The van der Waals surface area contributed by atoms with Gasteiger partial charge in [0.05, 0.1) is 23.6 Å². The number of carbonyl (C=O) groups excluding carboxylic acids is 3. The molecule has 0 radical (unpaired) electrons. The quantitative estimate of drug-likeness (QED) is 0.226. The molecule has 4 unspecified atom stereocenters. The van der Waals surface area contributed by atoms with E-state index >= 15 is 0 Å². The topological polar surface area (TPSA) is 76.0 Å². The van der Waals surface area contributed by atoms with Gasteiger partial charge < -0.3 is 4.74 Å². The summed E-state index contributed by atoms with van der Waals surface area (Å²) in [6, 6.07) is 10.9. The lowest BCUT2D eigenvalue weighted by molar-refractivity contribution is -0.140. The molecule has 1 heterocycles. The van der Waals surface area contributed by atoms with Crippen molar-refractivity contribution < 1.29 is 19.1 Å². The van der Waals surface area contributed by atoms with Gasteiger partial charge in [-0.3, -0.25) is 9.59 Å². The maximum absolute atomic E-state index is 12.8. The van der Waals surface area contributed by atoms with Crippen LogP contribution in [0.2, 0.25) is 10.0 Å². The summed E-state index contributed by atoms with van der Waals surface area (Å²) in [4.78, 5) is 38.0. The van der Waals surface area contributed by atoms with Crippen LogP contribution in [0.5, 0.6) is 5.75 Å². The van der Waals surface area contributed by atoms with Crippen LogP contribution in [-0.2, 0) is 9.59 Å². The van der Waals surface area contributed by atoms with Crippen LogP contribution in [-0.4, -0.2) is 29.0 Å². The minimum Gasteiger partial charge on any atom is -0.422 e. The van der Waals surface area contributed by atoms with E-state index in [2.05, 4.69) is 5.10 Å². The molecule has 3 aliphatic rings. The van der Waals surface area contributed by atoms with E-state index in [9.17, 15) is 14.4 Å². The van der Waals surface area contributed by atoms with Crippen LogP contribution in [0.1, 0.15) is 22.3 Å². The standard InChI is InChI=1S/C23H16Cl2N2O4/c24-16-5-3-12(4-6-16)23(30)31-18-8-7-17(25)10-15(18)11-26-27-21(28)19-13-1-2-14(9-13)20(19)22(27)29/h1-8,10-11,13-14,19-20H,9H2. The Balaban J connectivity index is 1.38. The number of fused-ring (bicyclic) bond motifs is 5. The number of halogens is 2. The van der Waals surface area contributed by atoms with E-state index in [1.54, 1.807) is 36.4 Å². The van der Waals surface area contributed by atoms with Crippen molar-refractivity contribution in [1.29, 1.82) is 0 Å². The Hall–Kier alpha value is -2.96. The number of hydrogen-bond acceptors (Lipinski definition) is 5. The Morgan fingerprint density at radius 2 is 1.58 bits per heavy atom. The number of esters is 1. The normalized spacial score (nSPS) is 26.2. The monoisotopic (exact) mass is 454 g/mol. The lowest BCUT2D eigenvalue weighted by Crippen LogP contribution is -2.28. The fourth-order valence-corrected chi connectivity index (χ4v) is 4.88. The molecule has 31 heavy (non-hydrogen) atoms. The SMILES string of the molecule is O=C(Oc1ccc(Cl)cc1C=NN1C(=O)C2C3C=CC(C3)C2C1=O)c1ccc(Cl)cc1. The first kappa shape index (κ1) is 20.0. The van der Waals surface area contributed by atoms with Gasteiger partial charge in [-0.25, -0.2) is 4.79 Å². The van der Waals surface area contributed by atoms with Crippen LogP contribution >= 0.6 is 23.2 Å². The first-order valence-electron chi connectivity index (χ1n) is 9.80. The molecular weight excluding hydrogens is 439 g/mol. The second-order valence-electron chi connectivity index (χ2n) is 7.81. The van der Waals surface area contributed by atoms with Crippen LogP contribution < -0.4 is 4.74 Å². The van der Waals surface area contributed by atoms with Crippen molar-refractivity contribution in [1.82, 2.24) is 5.01 Å². The van der Waals surface area contributed by atoms with Crippen molar-refractivity contribution in [3.8, 4) is 5.75 Å². The van der Waals surface area contributed by atoms with E-state index < -0.39 is 5.97 Å². The van der Waals surface area contributed by atoms with Gasteiger partial charge in [-0.1, -0.05) is 35.4 Å². The highest BCUT2D eigenvalue weighted by Crippen LogP contribution is 2.52. The highest BCUT2D eigenvalue weighted by Gasteiger charge is 2.59. The van der Waals surface area contributed by atoms with Crippen molar-refractivity contribution in [3.05, 3.63) is 75.8 Å². The number of amides is 2. The fourth-order valence-electron chi connectivity index (χ4n) is 4.58. The van der Waals surface area contributed by atoms with Crippen molar-refractivity contribution in [2.75, 3.05) is 0 Å². The molecule has 2 bridgehead atoms. The molecule has 2 aromatic rings. The summed E-state index contributed by atoms with van der Waals surface area (Å²) in [7, 11) is 0.